The van der Waals surface area contributed by atoms with E-state index in [1.54, 1.807) is 6.20 Å². The molecule has 19 heavy (non-hydrogen) atoms. The Labute approximate surface area is 112 Å². The number of nitrogens with two attached hydrogens (primary N) is 1. The molecule has 0 radical (unpaired) electrons. The predicted octanol–water partition coefficient (Wildman–Crippen LogP) is 1.44. The van der Waals surface area contributed by atoms with Crippen LogP contribution in [0.5, 0.6) is 0 Å². The van der Waals surface area contributed by atoms with Crippen LogP contribution >= 0.6 is 0 Å². The Balaban J connectivity index is 2.17. The maximum absolute atomic E-state index is 11.5. The second-order valence-corrected chi connectivity index (χ2v) is 4.27. The maximum Gasteiger partial charge on any atom is 0.234 e. The normalized spacial score (nSPS) is 11.8. The number of hydrogen-bond donors (Lipinski definition) is 2. The highest BCUT2D eigenvalue weighted by molar-refractivity contribution is 5.78. The van der Waals surface area contributed by atoms with Gasteiger partial charge in [-0.1, -0.05) is 36.4 Å². The molecule has 0 spiro atoms. The summed E-state index contributed by atoms with van der Waals surface area (Å²) in [7, 11) is 0. The zero-order chi connectivity index (χ0) is 13.5. The SMILES string of the molecule is NCC(=O)NC(Cc1ccccc1)c1ccccn1. The molecule has 2 rings (SSSR count). The lowest BCUT2D eigenvalue weighted by molar-refractivity contribution is -0.120. The van der Waals surface area contributed by atoms with Gasteiger partial charge >= 0.3 is 0 Å². The molecule has 0 aliphatic heterocycles. The Morgan fingerprint density at radius 1 is 1.16 bits per heavy atom. The number of carbonyl (C=O) groups is 1. The van der Waals surface area contributed by atoms with Gasteiger partial charge in [-0.3, -0.25) is 9.78 Å². The summed E-state index contributed by atoms with van der Waals surface area (Å²) in [5.74, 6) is -0.174. The second kappa shape index (κ2) is 6.66. The molecule has 1 unspecified atom stereocenters. The molecule has 0 aliphatic carbocycles. The van der Waals surface area contributed by atoms with Gasteiger partial charge in [0.25, 0.3) is 0 Å². The van der Waals surface area contributed by atoms with E-state index in [0.717, 1.165) is 11.3 Å². The summed E-state index contributed by atoms with van der Waals surface area (Å²) in [4.78, 5) is 15.8. The first-order chi connectivity index (χ1) is 9.29. The zero-order valence-corrected chi connectivity index (χ0v) is 10.6. The van der Waals surface area contributed by atoms with Crippen molar-refractivity contribution in [1.29, 1.82) is 0 Å². The average molecular weight is 255 g/mol. The Morgan fingerprint density at radius 3 is 2.53 bits per heavy atom. The van der Waals surface area contributed by atoms with Crippen LogP contribution in [0.4, 0.5) is 0 Å². The smallest absolute Gasteiger partial charge is 0.234 e. The number of nitrogens with zero attached hydrogens (tertiary/aromatic N) is 1. The summed E-state index contributed by atoms with van der Waals surface area (Å²) in [5.41, 5.74) is 7.35. The highest BCUT2D eigenvalue weighted by Crippen LogP contribution is 2.16. The molecule has 98 valence electrons. The first-order valence-electron chi connectivity index (χ1n) is 6.24. The van der Waals surface area contributed by atoms with E-state index in [1.807, 2.05) is 48.5 Å². The molecule has 1 heterocycles. The summed E-state index contributed by atoms with van der Waals surface area (Å²) < 4.78 is 0. The quantitative estimate of drug-likeness (QED) is 0.849. The number of nitrogens with one attached hydrogen (secondary N) is 1. The third kappa shape index (κ3) is 3.89. The van der Waals surface area contributed by atoms with Crippen LogP contribution in [0.15, 0.2) is 54.7 Å². The second-order valence-electron chi connectivity index (χ2n) is 4.27. The molecule has 0 bridgehead atoms. The lowest BCUT2D eigenvalue weighted by Crippen LogP contribution is -2.35. The third-order valence-electron chi connectivity index (χ3n) is 2.85. The number of aromatic nitrogens is 1. The summed E-state index contributed by atoms with van der Waals surface area (Å²) in [6.07, 6.45) is 2.42. The van der Waals surface area contributed by atoms with Crippen molar-refractivity contribution < 1.29 is 4.79 Å². The fourth-order valence-electron chi connectivity index (χ4n) is 1.91. The number of benzene rings is 1. The molecular formula is C15H17N3O. The lowest BCUT2D eigenvalue weighted by atomic mass is 10.0. The van der Waals surface area contributed by atoms with Gasteiger partial charge in [0.2, 0.25) is 5.91 Å². The summed E-state index contributed by atoms with van der Waals surface area (Å²) in [6, 6.07) is 15.5. The Morgan fingerprint density at radius 2 is 1.89 bits per heavy atom. The van der Waals surface area contributed by atoms with Gasteiger partial charge < -0.3 is 11.1 Å². The monoisotopic (exact) mass is 255 g/mol. The molecule has 0 fully saturated rings. The highest BCUT2D eigenvalue weighted by Gasteiger charge is 2.15. The summed E-state index contributed by atoms with van der Waals surface area (Å²) >= 11 is 0. The first kappa shape index (κ1) is 13.2. The Hall–Kier alpha value is -2.20. The topological polar surface area (TPSA) is 68.0 Å². The van der Waals surface area contributed by atoms with Crippen molar-refractivity contribution in [3.63, 3.8) is 0 Å². The Bertz CT molecular complexity index is 513. The maximum atomic E-state index is 11.5. The Kier molecular flexibility index (Phi) is 4.64. The van der Waals surface area contributed by atoms with Crippen LogP contribution in [-0.4, -0.2) is 17.4 Å². The first-order valence-corrected chi connectivity index (χ1v) is 6.24. The molecule has 0 aliphatic rings. The molecule has 4 nitrogen and oxygen atoms in total. The van der Waals surface area contributed by atoms with Gasteiger partial charge in [-0.2, -0.15) is 0 Å². The molecule has 0 saturated heterocycles. The minimum Gasteiger partial charge on any atom is -0.346 e. The standard InChI is InChI=1S/C15H17N3O/c16-11-15(19)18-14(13-8-4-5-9-17-13)10-12-6-2-1-3-7-12/h1-9,14H,10-11,16H2,(H,18,19). The largest absolute Gasteiger partial charge is 0.346 e. The number of hydrogen-bond acceptors (Lipinski definition) is 3. The van der Waals surface area contributed by atoms with E-state index in [4.69, 9.17) is 5.73 Å². The molecule has 2 aromatic rings. The number of pyridine rings is 1. The van der Waals surface area contributed by atoms with Crippen molar-refractivity contribution in [3.05, 3.63) is 66.0 Å². The predicted molar refractivity (Wildman–Crippen MR) is 74.3 cm³/mol. The molecular weight excluding hydrogens is 238 g/mol. The van der Waals surface area contributed by atoms with Crippen molar-refractivity contribution in [1.82, 2.24) is 10.3 Å². The highest BCUT2D eigenvalue weighted by atomic mass is 16.1. The van der Waals surface area contributed by atoms with Crippen molar-refractivity contribution in [3.8, 4) is 0 Å². The average Bonchev–Trinajstić information content (AvgIpc) is 2.48. The van der Waals surface area contributed by atoms with Gasteiger partial charge in [0.05, 0.1) is 18.3 Å². The molecule has 1 amide bonds. The molecule has 0 saturated carbocycles. The molecule has 3 N–H and O–H groups in total. The minimum absolute atomic E-state index is 0.0158. The van der Waals surface area contributed by atoms with Crippen molar-refractivity contribution in [2.24, 2.45) is 5.73 Å². The van der Waals surface area contributed by atoms with Crippen LogP contribution in [0, 0.1) is 0 Å². The van der Waals surface area contributed by atoms with E-state index in [1.165, 1.54) is 0 Å². The van der Waals surface area contributed by atoms with Gasteiger partial charge in [-0.05, 0) is 24.1 Å². The van der Waals surface area contributed by atoms with Gasteiger partial charge in [-0.25, -0.2) is 0 Å². The van der Waals surface area contributed by atoms with Crippen molar-refractivity contribution >= 4 is 5.91 Å². The van der Waals surface area contributed by atoms with Crippen LogP contribution in [0.25, 0.3) is 0 Å². The lowest BCUT2D eigenvalue weighted by Gasteiger charge is -2.18. The van der Waals surface area contributed by atoms with Crippen molar-refractivity contribution in [2.45, 2.75) is 12.5 Å². The molecule has 1 aromatic heterocycles. The number of rotatable bonds is 5. The van der Waals surface area contributed by atoms with Crippen LogP contribution in [0.2, 0.25) is 0 Å². The van der Waals surface area contributed by atoms with E-state index in [9.17, 15) is 4.79 Å². The number of carbonyl (C=O) groups excluding carboxylic acids is 1. The van der Waals surface area contributed by atoms with Crippen LogP contribution < -0.4 is 11.1 Å². The molecule has 4 heteroatoms. The van der Waals surface area contributed by atoms with E-state index in [-0.39, 0.29) is 18.5 Å². The summed E-state index contributed by atoms with van der Waals surface area (Å²) in [6.45, 7) is -0.0158. The van der Waals surface area contributed by atoms with E-state index < -0.39 is 0 Å². The van der Waals surface area contributed by atoms with Crippen LogP contribution in [-0.2, 0) is 11.2 Å². The van der Waals surface area contributed by atoms with Crippen LogP contribution in [0.1, 0.15) is 17.3 Å². The zero-order valence-electron chi connectivity index (χ0n) is 10.6. The summed E-state index contributed by atoms with van der Waals surface area (Å²) in [5, 5.41) is 2.91. The minimum atomic E-state index is -0.174. The molecule has 1 aromatic carbocycles. The van der Waals surface area contributed by atoms with E-state index in [2.05, 4.69) is 10.3 Å². The number of amides is 1. The molecule has 1 atom stereocenters. The van der Waals surface area contributed by atoms with Gasteiger partial charge in [0, 0.05) is 6.20 Å². The van der Waals surface area contributed by atoms with Gasteiger partial charge in [0.1, 0.15) is 0 Å². The van der Waals surface area contributed by atoms with Gasteiger partial charge in [0.15, 0.2) is 0 Å². The van der Waals surface area contributed by atoms with Gasteiger partial charge in [-0.15, -0.1) is 0 Å². The van der Waals surface area contributed by atoms with E-state index in [0.29, 0.717) is 6.42 Å². The van der Waals surface area contributed by atoms with E-state index >= 15 is 0 Å². The third-order valence-corrected chi connectivity index (χ3v) is 2.85. The fraction of sp³-hybridized carbons (Fsp3) is 0.200. The van der Waals surface area contributed by atoms with Crippen LogP contribution in [0.3, 0.4) is 0 Å². The fourth-order valence-corrected chi connectivity index (χ4v) is 1.91. The van der Waals surface area contributed by atoms with Crippen molar-refractivity contribution in [2.75, 3.05) is 6.54 Å².